The summed E-state index contributed by atoms with van der Waals surface area (Å²) in [5.74, 6) is 0.310. The van der Waals surface area contributed by atoms with Crippen molar-refractivity contribution in [1.82, 2.24) is 4.90 Å². The van der Waals surface area contributed by atoms with Crippen molar-refractivity contribution in [1.29, 1.82) is 0 Å². The molecular formula is C18H20ClNO5. The highest BCUT2D eigenvalue weighted by Crippen LogP contribution is 2.40. The quantitative estimate of drug-likeness (QED) is 0.606. The highest BCUT2D eigenvalue weighted by atomic mass is 35.5. The number of carbonyl (C=O) groups excluding carboxylic acids is 2. The molecule has 7 heteroatoms. The molecule has 0 N–H and O–H groups in total. The Balaban J connectivity index is 1.53. The number of piperidine rings is 1. The molecule has 0 unspecified atom stereocenters. The number of carbonyl (C=O) groups is 2. The summed E-state index contributed by atoms with van der Waals surface area (Å²) in [5, 5.41) is 0.414. The monoisotopic (exact) mass is 365 g/mol. The summed E-state index contributed by atoms with van der Waals surface area (Å²) in [6.07, 6.45) is 5.94. The van der Waals surface area contributed by atoms with E-state index < -0.39 is 5.97 Å². The molecule has 3 rings (SSSR count). The van der Waals surface area contributed by atoms with Crippen molar-refractivity contribution in [3.05, 3.63) is 28.8 Å². The fourth-order valence-corrected chi connectivity index (χ4v) is 3.25. The minimum absolute atomic E-state index is 0.126. The van der Waals surface area contributed by atoms with Crippen molar-refractivity contribution >= 4 is 29.6 Å². The number of esters is 1. The van der Waals surface area contributed by atoms with Gasteiger partial charge in [0.15, 0.2) is 18.1 Å². The molecule has 6 nitrogen and oxygen atoms in total. The summed E-state index contributed by atoms with van der Waals surface area (Å²) < 4.78 is 15.5. The highest BCUT2D eigenvalue weighted by Gasteiger charge is 2.23. The van der Waals surface area contributed by atoms with Gasteiger partial charge in [0, 0.05) is 18.7 Å². The molecule has 1 amide bonds. The summed E-state index contributed by atoms with van der Waals surface area (Å²) in [6, 6.07) is 3.59. The van der Waals surface area contributed by atoms with Gasteiger partial charge in [0.2, 0.25) is 6.79 Å². The molecule has 1 aromatic rings. The van der Waals surface area contributed by atoms with Gasteiger partial charge < -0.3 is 19.1 Å². The van der Waals surface area contributed by atoms with Gasteiger partial charge in [-0.2, -0.15) is 0 Å². The zero-order chi connectivity index (χ0) is 17.8. The maximum Gasteiger partial charge on any atom is 0.331 e. The molecule has 2 aliphatic heterocycles. The number of fused-ring (bicyclic) bond motifs is 1. The molecular weight excluding hydrogens is 346 g/mol. The Labute approximate surface area is 151 Å². The van der Waals surface area contributed by atoms with Gasteiger partial charge in [-0.1, -0.05) is 11.6 Å². The fourth-order valence-electron chi connectivity index (χ4n) is 2.98. The predicted octanol–water partition coefficient (Wildman–Crippen LogP) is 3.03. The van der Waals surface area contributed by atoms with E-state index in [0.717, 1.165) is 25.8 Å². The Morgan fingerprint density at radius 1 is 1.36 bits per heavy atom. The van der Waals surface area contributed by atoms with Crippen LogP contribution in [0.1, 0.15) is 31.7 Å². The summed E-state index contributed by atoms with van der Waals surface area (Å²) >= 11 is 6.09. The summed E-state index contributed by atoms with van der Waals surface area (Å²) in [5.41, 5.74) is 0.683. The Kier molecular flexibility index (Phi) is 5.48. The van der Waals surface area contributed by atoms with Crippen molar-refractivity contribution in [2.24, 2.45) is 0 Å². The van der Waals surface area contributed by atoms with E-state index in [2.05, 4.69) is 0 Å². The zero-order valence-corrected chi connectivity index (χ0v) is 14.8. The van der Waals surface area contributed by atoms with Crippen LogP contribution in [0, 0.1) is 0 Å². The van der Waals surface area contributed by atoms with Crippen molar-refractivity contribution in [3.8, 4) is 11.5 Å². The second-order valence-electron chi connectivity index (χ2n) is 6.11. The van der Waals surface area contributed by atoms with Gasteiger partial charge in [0.25, 0.3) is 5.91 Å². The third-order valence-electron chi connectivity index (χ3n) is 4.32. The van der Waals surface area contributed by atoms with Gasteiger partial charge in [-0.25, -0.2) is 4.79 Å². The first-order valence-electron chi connectivity index (χ1n) is 8.28. The summed E-state index contributed by atoms with van der Waals surface area (Å²) in [4.78, 5) is 25.7. The van der Waals surface area contributed by atoms with Crippen molar-refractivity contribution in [2.45, 2.75) is 32.2 Å². The first-order chi connectivity index (χ1) is 12.0. The standard InChI is InChI=1S/C18H20ClNO5/c1-12-4-2-3-7-20(12)16(21)10-23-17(22)6-5-13-8-14(19)18-15(9-13)24-11-25-18/h5-6,8-9,12H,2-4,7,10-11H2,1H3/b6-5+/t12-/m1/s1. The predicted molar refractivity (Wildman–Crippen MR) is 92.6 cm³/mol. The SMILES string of the molecule is C[C@@H]1CCCCN1C(=O)COC(=O)/C=C/c1cc(Cl)c2c(c1)OCO2. The number of rotatable bonds is 4. The van der Waals surface area contributed by atoms with Crippen LogP contribution in [-0.2, 0) is 14.3 Å². The summed E-state index contributed by atoms with van der Waals surface area (Å²) in [7, 11) is 0. The second kappa shape index (κ2) is 7.78. The Bertz CT molecular complexity index is 703. The van der Waals surface area contributed by atoms with Gasteiger partial charge in [0.05, 0.1) is 5.02 Å². The number of ether oxygens (including phenoxy) is 3. The Hall–Kier alpha value is -2.21. The van der Waals surface area contributed by atoms with Crippen LogP contribution >= 0.6 is 11.6 Å². The number of nitrogens with zero attached hydrogens (tertiary/aromatic N) is 1. The highest BCUT2D eigenvalue weighted by molar-refractivity contribution is 6.32. The molecule has 0 aromatic heterocycles. The van der Waals surface area contributed by atoms with E-state index in [1.807, 2.05) is 6.92 Å². The third-order valence-corrected chi connectivity index (χ3v) is 4.60. The lowest BCUT2D eigenvalue weighted by Gasteiger charge is -2.33. The molecule has 2 aliphatic rings. The maximum absolute atomic E-state index is 12.1. The maximum atomic E-state index is 12.1. The van der Waals surface area contributed by atoms with Crippen LogP contribution in [0.2, 0.25) is 5.02 Å². The van der Waals surface area contributed by atoms with Gasteiger partial charge in [0.1, 0.15) is 0 Å². The topological polar surface area (TPSA) is 65.1 Å². The molecule has 0 aliphatic carbocycles. The molecule has 25 heavy (non-hydrogen) atoms. The van der Waals surface area contributed by atoms with Crippen LogP contribution in [-0.4, -0.2) is 42.8 Å². The Morgan fingerprint density at radius 3 is 3.00 bits per heavy atom. The number of amides is 1. The number of hydrogen-bond acceptors (Lipinski definition) is 5. The molecule has 1 atom stereocenters. The first kappa shape index (κ1) is 17.6. The van der Waals surface area contributed by atoms with E-state index in [0.29, 0.717) is 22.1 Å². The average Bonchev–Trinajstić information content (AvgIpc) is 3.07. The van der Waals surface area contributed by atoms with E-state index in [9.17, 15) is 9.59 Å². The van der Waals surface area contributed by atoms with E-state index in [1.165, 1.54) is 6.08 Å². The molecule has 1 aromatic carbocycles. The largest absolute Gasteiger partial charge is 0.454 e. The van der Waals surface area contributed by atoms with Gasteiger partial charge >= 0.3 is 5.97 Å². The van der Waals surface area contributed by atoms with E-state index in [4.69, 9.17) is 25.8 Å². The van der Waals surface area contributed by atoms with Crippen LogP contribution in [0.3, 0.4) is 0 Å². The minimum atomic E-state index is -0.577. The first-order valence-corrected chi connectivity index (χ1v) is 8.66. The lowest BCUT2D eigenvalue weighted by Crippen LogP contribution is -2.44. The number of likely N-dealkylation sites (tertiary alicyclic amines) is 1. The van der Waals surface area contributed by atoms with Crippen LogP contribution in [0.5, 0.6) is 11.5 Å². The molecule has 2 heterocycles. The lowest BCUT2D eigenvalue weighted by atomic mass is 10.0. The van der Waals surface area contributed by atoms with Crippen LogP contribution in [0.15, 0.2) is 18.2 Å². The van der Waals surface area contributed by atoms with E-state index >= 15 is 0 Å². The minimum Gasteiger partial charge on any atom is -0.454 e. The van der Waals surface area contributed by atoms with E-state index in [1.54, 1.807) is 23.1 Å². The van der Waals surface area contributed by atoms with Crippen molar-refractivity contribution in [3.63, 3.8) is 0 Å². The second-order valence-corrected chi connectivity index (χ2v) is 6.52. The molecule has 1 saturated heterocycles. The van der Waals surface area contributed by atoms with E-state index in [-0.39, 0.29) is 25.3 Å². The lowest BCUT2D eigenvalue weighted by molar-refractivity contribution is -0.149. The van der Waals surface area contributed by atoms with Crippen LogP contribution < -0.4 is 9.47 Å². The number of halogens is 1. The van der Waals surface area contributed by atoms with Crippen molar-refractivity contribution in [2.75, 3.05) is 19.9 Å². The third kappa shape index (κ3) is 4.25. The Morgan fingerprint density at radius 2 is 2.20 bits per heavy atom. The normalized spacial score (nSPS) is 19.3. The number of benzene rings is 1. The van der Waals surface area contributed by atoms with Gasteiger partial charge in [-0.05, 0) is 50.0 Å². The van der Waals surface area contributed by atoms with Crippen LogP contribution in [0.25, 0.3) is 6.08 Å². The zero-order valence-electron chi connectivity index (χ0n) is 14.0. The molecule has 0 bridgehead atoms. The van der Waals surface area contributed by atoms with Gasteiger partial charge in [-0.15, -0.1) is 0 Å². The molecule has 134 valence electrons. The molecule has 0 radical (unpaired) electrons. The molecule has 0 spiro atoms. The average molecular weight is 366 g/mol. The molecule has 0 saturated carbocycles. The molecule has 1 fully saturated rings. The summed E-state index contributed by atoms with van der Waals surface area (Å²) in [6.45, 7) is 2.63. The van der Waals surface area contributed by atoms with Crippen LogP contribution in [0.4, 0.5) is 0 Å². The fraction of sp³-hybridized carbons (Fsp3) is 0.444. The van der Waals surface area contributed by atoms with Gasteiger partial charge in [-0.3, -0.25) is 4.79 Å². The smallest absolute Gasteiger partial charge is 0.331 e. The number of hydrogen-bond donors (Lipinski definition) is 0. The van der Waals surface area contributed by atoms with Crippen molar-refractivity contribution < 1.29 is 23.8 Å².